The lowest BCUT2D eigenvalue weighted by Crippen LogP contribution is -2.19. The summed E-state index contributed by atoms with van der Waals surface area (Å²) in [6.07, 6.45) is 4.37. The first kappa shape index (κ1) is 17.0. The lowest BCUT2D eigenvalue weighted by atomic mass is 10.1. The Morgan fingerprint density at radius 2 is 2.00 bits per heavy atom. The largest absolute Gasteiger partial charge is 0.478 e. The highest BCUT2D eigenvalue weighted by atomic mass is 16.5. The predicted molar refractivity (Wildman–Crippen MR) is 85.2 cm³/mol. The molecule has 0 aromatic carbocycles. The van der Waals surface area contributed by atoms with Crippen LogP contribution in [0.4, 0.5) is 0 Å². The molecule has 0 radical (unpaired) electrons. The maximum atomic E-state index is 5.76. The van der Waals surface area contributed by atoms with Gasteiger partial charge in [0.25, 0.3) is 0 Å². The molecule has 1 rings (SSSR count). The number of aromatic nitrogens is 1. The molecule has 1 heterocycles. The Hall–Kier alpha value is -1.09. The number of hydrogen-bond donors (Lipinski definition) is 1. The normalized spacial score (nSPS) is 11.1. The van der Waals surface area contributed by atoms with Crippen LogP contribution in [0.2, 0.25) is 0 Å². The Morgan fingerprint density at radius 3 is 2.65 bits per heavy atom. The summed E-state index contributed by atoms with van der Waals surface area (Å²) in [6, 6.07) is 4.27. The first-order valence-electron chi connectivity index (χ1n) is 7.99. The van der Waals surface area contributed by atoms with E-state index >= 15 is 0 Å². The van der Waals surface area contributed by atoms with Crippen molar-refractivity contribution in [2.75, 3.05) is 13.2 Å². The van der Waals surface area contributed by atoms with E-state index in [1.54, 1.807) is 0 Å². The molecule has 0 aliphatic carbocycles. The summed E-state index contributed by atoms with van der Waals surface area (Å²) in [6.45, 7) is 11.5. The molecule has 1 aromatic rings. The summed E-state index contributed by atoms with van der Waals surface area (Å²) in [5, 5.41) is 3.48. The van der Waals surface area contributed by atoms with Gasteiger partial charge in [-0.2, -0.15) is 0 Å². The van der Waals surface area contributed by atoms with Crippen LogP contribution in [0.5, 0.6) is 5.88 Å². The first-order chi connectivity index (χ1) is 9.65. The van der Waals surface area contributed by atoms with Crippen LogP contribution in [0.3, 0.4) is 0 Å². The van der Waals surface area contributed by atoms with Gasteiger partial charge >= 0.3 is 0 Å². The molecule has 20 heavy (non-hydrogen) atoms. The fourth-order valence-corrected chi connectivity index (χ4v) is 2.01. The lowest BCUT2D eigenvalue weighted by Gasteiger charge is -2.11. The van der Waals surface area contributed by atoms with E-state index in [0.29, 0.717) is 5.92 Å². The van der Waals surface area contributed by atoms with E-state index in [1.165, 1.54) is 5.56 Å². The van der Waals surface area contributed by atoms with Crippen molar-refractivity contribution < 1.29 is 4.74 Å². The van der Waals surface area contributed by atoms with Crippen molar-refractivity contribution in [3.63, 3.8) is 0 Å². The van der Waals surface area contributed by atoms with Gasteiger partial charge in [-0.1, -0.05) is 40.5 Å². The van der Waals surface area contributed by atoms with Gasteiger partial charge in [-0.3, -0.25) is 0 Å². The zero-order valence-corrected chi connectivity index (χ0v) is 13.5. The smallest absolute Gasteiger partial charge is 0.213 e. The van der Waals surface area contributed by atoms with Gasteiger partial charge in [0.2, 0.25) is 5.88 Å². The zero-order valence-electron chi connectivity index (χ0n) is 13.5. The molecule has 0 bridgehead atoms. The third-order valence-electron chi connectivity index (χ3n) is 3.05. The molecule has 1 N–H and O–H groups in total. The zero-order chi connectivity index (χ0) is 14.8. The van der Waals surface area contributed by atoms with Gasteiger partial charge in [0.1, 0.15) is 0 Å². The highest BCUT2D eigenvalue weighted by molar-refractivity contribution is 5.25. The summed E-state index contributed by atoms with van der Waals surface area (Å²) in [7, 11) is 0. The van der Waals surface area contributed by atoms with E-state index in [9.17, 15) is 0 Å². The van der Waals surface area contributed by atoms with E-state index in [-0.39, 0.29) is 0 Å². The molecule has 0 saturated carbocycles. The third kappa shape index (κ3) is 6.90. The number of hydrogen-bond acceptors (Lipinski definition) is 3. The van der Waals surface area contributed by atoms with E-state index < -0.39 is 0 Å². The van der Waals surface area contributed by atoms with Crippen LogP contribution in [0.1, 0.15) is 58.2 Å². The molecule has 0 atom stereocenters. The molecule has 0 aliphatic rings. The topological polar surface area (TPSA) is 34.1 Å². The van der Waals surface area contributed by atoms with Crippen LogP contribution >= 0.6 is 0 Å². The van der Waals surface area contributed by atoms with E-state index in [2.05, 4.69) is 50.1 Å². The lowest BCUT2D eigenvalue weighted by molar-refractivity contribution is 0.296. The standard InChI is InChI=1S/C17H30N2O/c1-5-7-9-20-17-11-15(13-18-12-14(3)4)10-16(19-17)8-6-2/h10-11,14,18H,5-9,12-13H2,1-4H3. The molecule has 0 saturated heterocycles. The van der Waals surface area contributed by atoms with Crippen molar-refractivity contribution in [3.05, 3.63) is 23.4 Å². The van der Waals surface area contributed by atoms with Gasteiger partial charge in [-0.25, -0.2) is 4.98 Å². The second-order valence-electron chi connectivity index (χ2n) is 5.78. The van der Waals surface area contributed by atoms with Gasteiger partial charge in [-0.15, -0.1) is 0 Å². The number of aryl methyl sites for hydroxylation is 1. The summed E-state index contributed by atoms with van der Waals surface area (Å²) >= 11 is 0. The number of nitrogens with one attached hydrogen (secondary N) is 1. The Morgan fingerprint density at radius 1 is 1.20 bits per heavy atom. The number of nitrogens with zero attached hydrogens (tertiary/aromatic N) is 1. The Balaban J connectivity index is 2.65. The molecule has 114 valence electrons. The summed E-state index contributed by atoms with van der Waals surface area (Å²) < 4.78 is 5.76. The quantitative estimate of drug-likeness (QED) is 0.658. The Labute approximate surface area is 124 Å². The summed E-state index contributed by atoms with van der Waals surface area (Å²) in [5.74, 6) is 1.46. The van der Waals surface area contributed by atoms with Crippen LogP contribution in [0, 0.1) is 5.92 Å². The highest BCUT2D eigenvalue weighted by Gasteiger charge is 2.04. The molecule has 0 amide bonds. The first-order valence-corrected chi connectivity index (χ1v) is 7.99. The van der Waals surface area contributed by atoms with Gasteiger partial charge in [-0.05, 0) is 36.9 Å². The fraction of sp³-hybridized carbons (Fsp3) is 0.706. The van der Waals surface area contributed by atoms with Crippen molar-refractivity contribution in [2.45, 2.75) is 59.9 Å². The van der Waals surface area contributed by atoms with Crippen LogP contribution < -0.4 is 10.1 Å². The predicted octanol–water partition coefficient (Wildman–Crippen LogP) is 3.96. The van der Waals surface area contributed by atoms with Crippen molar-refractivity contribution >= 4 is 0 Å². The van der Waals surface area contributed by atoms with E-state index in [0.717, 1.165) is 57.0 Å². The molecular formula is C17H30N2O. The minimum Gasteiger partial charge on any atom is -0.478 e. The molecule has 0 spiro atoms. The van der Waals surface area contributed by atoms with Gasteiger partial charge < -0.3 is 10.1 Å². The van der Waals surface area contributed by atoms with Crippen LogP contribution in [-0.2, 0) is 13.0 Å². The van der Waals surface area contributed by atoms with E-state index in [4.69, 9.17) is 4.74 Å². The van der Waals surface area contributed by atoms with Crippen LogP contribution in [0.15, 0.2) is 12.1 Å². The number of unbranched alkanes of at least 4 members (excludes halogenated alkanes) is 1. The average Bonchev–Trinajstić information content (AvgIpc) is 2.39. The Kier molecular flexibility index (Phi) is 8.28. The molecular weight excluding hydrogens is 248 g/mol. The molecule has 3 heteroatoms. The van der Waals surface area contributed by atoms with Crippen molar-refractivity contribution in [3.8, 4) is 5.88 Å². The molecule has 3 nitrogen and oxygen atoms in total. The van der Waals surface area contributed by atoms with Crippen molar-refractivity contribution in [1.29, 1.82) is 0 Å². The fourth-order valence-electron chi connectivity index (χ4n) is 2.01. The molecule has 0 fully saturated rings. The summed E-state index contributed by atoms with van der Waals surface area (Å²) in [5.41, 5.74) is 2.42. The SMILES string of the molecule is CCCCOc1cc(CNCC(C)C)cc(CCC)n1. The summed E-state index contributed by atoms with van der Waals surface area (Å²) in [4.78, 5) is 4.59. The minimum absolute atomic E-state index is 0.673. The molecule has 1 aromatic heterocycles. The number of pyridine rings is 1. The number of ether oxygens (including phenoxy) is 1. The van der Waals surface area contributed by atoms with Crippen molar-refractivity contribution in [2.24, 2.45) is 5.92 Å². The Bertz CT molecular complexity index is 377. The number of rotatable bonds is 10. The third-order valence-corrected chi connectivity index (χ3v) is 3.05. The average molecular weight is 278 g/mol. The molecule has 0 aliphatic heterocycles. The maximum absolute atomic E-state index is 5.76. The van der Waals surface area contributed by atoms with Gasteiger partial charge in [0.05, 0.1) is 6.61 Å². The van der Waals surface area contributed by atoms with Gasteiger partial charge in [0, 0.05) is 18.3 Å². The highest BCUT2D eigenvalue weighted by Crippen LogP contribution is 2.15. The van der Waals surface area contributed by atoms with Gasteiger partial charge in [0.15, 0.2) is 0 Å². The monoisotopic (exact) mass is 278 g/mol. The van der Waals surface area contributed by atoms with Crippen molar-refractivity contribution in [1.82, 2.24) is 10.3 Å². The second kappa shape index (κ2) is 9.76. The van der Waals surface area contributed by atoms with Crippen LogP contribution in [0.25, 0.3) is 0 Å². The maximum Gasteiger partial charge on any atom is 0.213 e. The molecule has 0 unspecified atom stereocenters. The minimum atomic E-state index is 0.673. The second-order valence-corrected chi connectivity index (χ2v) is 5.78. The van der Waals surface area contributed by atoms with Crippen LogP contribution in [-0.4, -0.2) is 18.1 Å². The van der Waals surface area contributed by atoms with E-state index in [1.807, 2.05) is 0 Å².